The van der Waals surface area contributed by atoms with Gasteiger partial charge in [-0.2, -0.15) is 0 Å². The third-order valence-electron chi connectivity index (χ3n) is 5.08. The molecular formula is C21H24N2O2. The molecule has 25 heavy (non-hydrogen) atoms. The zero-order valence-corrected chi connectivity index (χ0v) is 15.0. The van der Waals surface area contributed by atoms with Gasteiger partial charge in [-0.1, -0.05) is 48.5 Å². The van der Waals surface area contributed by atoms with Crippen LogP contribution in [0.1, 0.15) is 39.6 Å². The topological polar surface area (TPSA) is 40.6 Å². The molecule has 0 saturated carbocycles. The summed E-state index contributed by atoms with van der Waals surface area (Å²) in [6, 6.07) is 16.7. The second kappa shape index (κ2) is 7.19. The number of rotatable bonds is 4. The average Bonchev–Trinajstić information content (AvgIpc) is 3.03. The number of hydrogen-bond donors (Lipinski definition) is 0. The van der Waals surface area contributed by atoms with Crippen LogP contribution in [-0.2, 0) is 0 Å². The number of carbonyl (C=O) groups is 2. The molecule has 0 radical (unpaired) electrons. The summed E-state index contributed by atoms with van der Waals surface area (Å²) in [5.74, 6) is -0.169. The number of carbonyl (C=O) groups excluding carboxylic acids is 2. The van der Waals surface area contributed by atoms with E-state index in [2.05, 4.69) is 11.8 Å². The molecule has 1 fully saturated rings. The molecule has 0 unspecified atom stereocenters. The summed E-state index contributed by atoms with van der Waals surface area (Å²) in [4.78, 5) is 30.1. The molecule has 0 aliphatic carbocycles. The first kappa shape index (κ1) is 17.4. The molecule has 1 aliphatic heterocycles. The van der Waals surface area contributed by atoms with Gasteiger partial charge in [0.1, 0.15) is 0 Å². The Labute approximate surface area is 149 Å². The van der Waals surface area contributed by atoms with Gasteiger partial charge < -0.3 is 9.80 Å². The van der Waals surface area contributed by atoms with E-state index in [0.29, 0.717) is 22.7 Å². The summed E-state index contributed by atoms with van der Waals surface area (Å²) < 4.78 is 0. The lowest BCUT2D eigenvalue weighted by atomic mass is 9.97. The van der Waals surface area contributed by atoms with Gasteiger partial charge in [-0.05, 0) is 33.5 Å². The minimum absolute atomic E-state index is 0.0586. The first-order chi connectivity index (χ1) is 12.0. The van der Waals surface area contributed by atoms with E-state index in [1.165, 1.54) is 0 Å². The van der Waals surface area contributed by atoms with Crippen LogP contribution in [-0.4, -0.2) is 54.2 Å². The van der Waals surface area contributed by atoms with Crippen molar-refractivity contribution in [3.63, 3.8) is 0 Å². The highest BCUT2D eigenvalue weighted by atomic mass is 16.2. The van der Waals surface area contributed by atoms with Gasteiger partial charge in [0.05, 0.1) is 5.56 Å². The van der Waals surface area contributed by atoms with Crippen LogP contribution in [0.2, 0.25) is 0 Å². The number of nitrogens with zero attached hydrogens (tertiary/aromatic N) is 2. The Hall–Kier alpha value is -2.46. The zero-order valence-electron chi connectivity index (χ0n) is 15.0. The van der Waals surface area contributed by atoms with Crippen molar-refractivity contribution >= 4 is 11.7 Å². The highest BCUT2D eigenvalue weighted by Crippen LogP contribution is 2.25. The molecule has 2 atom stereocenters. The van der Waals surface area contributed by atoms with Gasteiger partial charge in [0, 0.05) is 29.8 Å². The van der Waals surface area contributed by atoms with Crippen molar-refractivity contribution in [2.75, 3.05) is 20.6 Å². The summed E-state index contributed by atoms with van der Waals surface area (Å²) >= 11 is 0. The Morgan fingerprint density at radius 2 is 1.56 bits per heavy atom. The number of likely N-dealkylation sites (N-methyl/N-ethyl adjacent to an activating group) is 1. The first-order valence-electron chi connectivity index (χ1n) is 8.67. The summed E-state index contributed by atoms with van der Waals surface area (Å²) in [5.41, 5.74) is 1.56. The first-order valence-corrected chi connectivity index (χ1v) is 8.67. The number of likely N-dealkylation sites (tertiary alicyclic amines) is 1. The van der Waals surface area contributed by atoms with Crippen LogP contribution in [0, 0.1) is 0 Å². The fourth-order valence-electron chi connectivity index (χ4n) is 3.67. The molecule has 0 spiro atoms. The molecule has 1 amide bonds. The van der Waals surface area contributed by atoms with Gasteiger partial charge in [0.25, 0.3) is 5.91 Å². The van der Waals surface area contributed by atoms with Gasteiger partial charge in [0.15, 0.2) is 5.78 Å². The number of amides is 1. The van der Waals surface area contributed by atoms with E-state index in [1.54, 1.807) is 24.3 Å². The largest absolute Gasteiger partial charge is 0.334 e. The SMILES string of the molecule is C[C@H]1[C@@H](N(C)C)CCN1C(=O)c1ccccc1C(=O)c1ccccc1. The van der Waals surface area contributed by atoms with Crippen molar-refractivity contribution in [2.45, 2.75) is 25.4 Å². The van der Waals surface area contributed by atoms with Gasteiger partial charge in [-0.15, -0.1) is 0 Å². The average molecular weight is 336 g/mol. The third-order valence-corrected chi connectivity index (χ3v) is 5.08. The fourth-order valence-corrected chi connectivity index (χ4v) is 3.67. The van der Waals surface area contributed by atoms with Crippen LogP contribution in [0.25, 0.3) is 0 Å². The molecule has 2 aromatic carbocycles. The summed E-state index contributed by atoms with van der Waals surface area (Å²) in [6.45, 7) is 2.80. The van der Waals surface area contributed by atoms with E-state index in [4.69, 9.17) is 0 Å². The molecule has 130 valence electrons. The van der Waals surface area contributed by atoms with E-state index in [-0.39, 0.29) is 17.7 Å². The summed E-state index contributed by atoms with van der Waals surface area (Å²) in [6.07, 6.45) is 0.953. The highest BCUT2D eigenvalue weighted by molar-refractivity contribution is 6.15. The second-order valence-corrected chi connectivity index (χ2v) is 6.80. The van der Waals surface area contributed by atoms with Crippen LogP contribution < -0.4 is 0 Å². The van der Waals surface area contributed by atoms with Crippen molar-refractivity contribution in [1.82, 2.24) is 9.80 Å². The lowest BCUT2D eigenvalue weighted by Crippen LogP contribution is -2.42. The van der Waals surface area contributed by atoms with E-state index in [9.17, 15) is 9.59 Å². The molecule has 3 rings (SSSR count). The van der Waals surface area contributed by atoms with Crippen LogP contribution >= 0.6 is 0 Å². The number of hydrogen-bond acceptors (Lipinski definition) is 3. The van der Waals surface area contributed by atoms with Crippen LogP contribution in [0.4, 0.5) is 0 Å². The van der Waals surface area contributed by atoms with Crippen LogP contribution in [0.5, 0.6) is 0 Å². The molecule has 4 nitrogen and oxygen atoms in total. The van der Waals surface area contributed by atoms with Crippen molar-refractivity contribution in [1.29, 1.82) is 0 Å². The molecule has 1 aliphatic rings. The molecule has 0 N–H and O–H groups in total. The second-order valence-electron chi connectivity index (χ2n) is 6.80. The molecule has 0 aromatic heterocycles. The highest BCUT2D eigenvalue weighted by Gasteiger charge is 2.36. The standard InChI is InChI=1S/C21H24N2O2/c1-15-19(22(2)3)13-14-23(15)21(25)18-12-8-7-11-17(18)20(24)16-9-5-4-6-10-16/h4-12,15,19H,13-14H2,1-3H3/t15-,19-/m0/s1. The molecule has 2 aromatic rings. The number of benzene rings is 2. The lowest BCUT2D eigenvalue weighted by Gasteiger charge is -2.28. The molecule has 4 heteroatoms. The Morgan fingerprint density at radius 1 is 0.960 bits per heavy atom. The minimum Gasteiger partial charge on any atom is -0.334 e. The molecule has 0 bridgehead atoms. The van der Waals surface area contributed by atoms with Crippen molar-refractivity contribution in [3.8, 4) is 0 Å². The monoisotopic (exact) mass is 336 g/mol. The summed E-state index contributed by atoms with van der Waals surface area (Å²) in [7, 11) is 4.09. The van der Waals surface area contributed by atoms with E-state index in [0.717, 1.165) is 13.0 Å². The lowest BCUT2D eigenvalue weighted by molar-refractivity contribution is 0.0717. The normalized spacial score (nSPS) is 20.1. The van der Waals surface area contributed by atoms with Crippen LogP contribution in [0.3, 0.4) is 0 Å². The van der Waals surface area contributed by atoms with Crippen LogP contribution in [0.15, 0.2) is 54.6 Å². The maximum absolute atomic E-state index is 13.1. The Kier molecular flexibility index (Phi) is 5.00. The number of ketones is 1. The summed E-state index contributed by atoms with van der Waals surface area (Å²) in [5, 5.41) is 0. The fraction of sp³-hybridized carbons (Fsp3) is 0.333. The smallest absolute Gasteiger partial charge is 0.254 e. The molecule has 1 heterocycles. The minimum atomic E-state index is -0.111. The maximum Gasteiger partial charge on any atom is 0.254 e. The predicted octanol–water partition coefficient (Wildman–Crippen LogP) is 3.08. The van der Waals surface area contributed by atoms with Gasteiger partial charge >= 0.3 is 0 Å². The Bertz CT molecular complexity index is 770. The van der Waals surface area contributed by atoms with Gasteiger partial charge in [-0.25, -0.2) is 0 Å². The van der Waals surface area contributed by atoms with Crippen molar-refractivity contribution < 1.29 is 9.59 Å². The van der Waals surface area contributed by atoms with E-state index in [1.807, 2.05) is 49.3 Å². The van der Waals surface area contributed by atoms with Crippen molar-refractivity contribution in [2.24, 2.45) is 0 Å². The quantitative estimate of drug-likeness (QED) is 0.806. The molecule has 1 saturated heterocycles. The van der Waals surface area contributed by atoms with E-state index < -0.39 is 0 Å². The Balaban J connectivity index is 1.91. The van der Waals surface area contributed by atoms with E-state index >= 15 is 0 Å². The predicted molar refractivity (Wildman–Crippen MR) is 98.9 cm³/mol. The maximum atomic E-state index is 13.1. The zero-order chi connectivity index (χ0) is 18.0. The van der Waals surface area contributed by atoms with Gasteiger partial charge in [0.2, 0.25) is 0 Å². The van der Waals surface area contributed by atoms with Gasteiger partial charge in [-0.3, -0.25) is 9.59 Å². The van der Waals surface area contributed by atoms with Crippen molar-refractivity contribution in [3.05, 3.63) is 71.3 Å². The molecular weight excluding hydrogens is 312 g/mol. The third kappa shape index (κ3) is 3.35. The Morgan fingerprint density at radius 3 is 2.16 bits per heavy atom.